The third-order valence-electron chi connectivity index (χ3n) is 5.02. The van der Waals surface area contributed by atoms with E-state index in [-0.39, 0.29) is 34.9 Å². The molecule has 32 heavy (non-hydrogen) atoms. The number of carbonyl (C=O) groups is 1. The lowest BCUT2D eigenvalue weighted by molar-refractivity contribution is -0.144. The maximum Gasteiger partial charge on any atom is 0.423 e. The Morgan fingerprint density at radius 2 is 1.66 bits per heavy atom. The topological polar surface area (TPSA) is 65.7 Å². The molecule has 2 rings (SSSR count). The molecule has 2 aromatic rings. The maximum absolute atomic E-state index is 14.3. The Kier molecular flexibility index (Phi) is 9.53. The second kappa shape index (κ2) is 11.9. The van der Waals surface area contributed by atoms with Crippen LogP contribution >= 0.6 is 0 Å². The fraction of sp³-hybridized carbons (Fsp3) is 0.565. The highest BCUT2D eigenvalue weighted by Gasteiger charge is 2.37. The SMILES string of the molecule is CCCC(=O)OCCCCCCCCOc1cc2oc(=O)c(C(F)(F)F)c(C)c2cc1F. The van der Waals surface area contributed by atoms with E-state index in [0.717, 1.165) is 57.6 Å². The number of halogens is 4. The van der Waals surface area contributed by atoms with E-state index < -0.39 is 23.2 Å². The number of hydrogen-bond donors (Lipinski definition) is 0. The van der Waals surface area contributed by atoms with Crippen LogP contribution in [0.15, 0.2) is 21.3 Å². The maximum atomic E-state index is 14.3. The van der Waals surface area contributed by atoms with Gasteiger partial charge in [0.15, 0.2) is 11.6 Å². The number of aryl methyl sites for hydroxylation is 1. The molecule has 0 N–H and O–H groups in total. The molecule has 0 saturated heterocycles. The van der Waals surface area contributed by atoms with Gasteiger partial charge < -0.3 is 13.9 Å². The summed E-state index contributed by atoms with van der Waals surface area (Å²) in [5.41, 5.74) is -3.48. The second-order valence-electron chi connectivity index (χ2n) is 7.61. The molecule has 0 amide bonds. The molecule has 1 aromatic heterocycles. The van der Waals surface area contributed by atoms with Crippen LogP contribution in [0, 0.1) is 12.7 Å². The molecule has 178 valence electrons. The lowest BCUT2D eigenvalue weighted by atomic mass is 10.1. The Bertz CT molecular complexity index is 965. The summed E-state index contributed by atoms with van der Waals surface area (Å²) in [6.45, 7) is 3.69. The molecule has 9 heteroatoms. The van der Waals surface area contributed by atoms with Gasteiger partial charge in [-0.1, -0.05) is 32.6 Å². The molecule has 0 radical (unpaired) electrons. The highest BCUT2D eigenvalue weighted by Crippen LogP contribution is 2.34. The first-order valence-electron chi connectivity index (χ1n) is 10.8. The molecule has 0 unspecified atom stereocenters. The van der Waals surface area contributed by atoms with Crippen molar-refractivity contribution in [3.63, 3.8) is 0 Å². The molecule has 0 atom stereocenters. The van der Waals surface area contributed by atoms with Crippen LogP contribution in [0.1, 0.15) is 69.4 Å². The van der Waals surface area contributed by atoms with Crippen LogP contribution in [0.3, 0.4) is 0 Å². The Morgan fingerprint density at radius 1 is 1.03 bits per heavy atom. The van der Waals surface area contributed by atoms with Crippen molar-refractivity contribution in [1.29, 1.82) is 0 Å². The molecule has 0 bridgehead atoms. The molecule has 1 aromatic carbocycles. The Labute approximate surface area is 183 Å². The minimum atomic E-state index is -4.88. The van der Waals surface area contributed by atoms with Crippen LogP contribution in [0.4, 0.5) is 17.6 Å². The zero-order chi connectivity index (χ0) is 23.7. The van der Waals surface area contributed by atoms with Crippen LogP contribution in [0.5, 0.6) is 5.75 Å². The summed E-state index contributed by atoms with van der Waals surface area (Å²) in [5, 5.41) is -0.123. The Balaban J connectivity index is 1.79. The molecule has 0 aliphatic carbocycles. The van der Waals surface area contributed by atoms with Gasteiger partial charge in [0.1, 0.15) is 11.1 Å². The molecule has 5 nitrogen and oxygen atoms in total. The normalized spacial score (nSPS) is 11.7. The Morgan fingerprint density at radius 3 is 2.28 bits per heavy atom. The average Bonchev–Trinajstić information content (AvgIpc) is 2.69. The number of ether oxygens (including phenoxy) is 2. The van der Waals surface area contributed by atoms with Crippen molar-refractivity contribution in [2.45, 2.75) is 71.4 Å². The van der Waals surface area contributed by atoms with Crippen molar-refractivity contribution in [3.05, 3.63) is 39.5 Å². The zero-order valence-electron chi connectivity index (χ0n) is 18.3. The highest BCUT2D eigenvalue weighted by atomic mass is 19.4. The van der Waals surface area contributed by atoms with E-state index in [1.807, 2.05) is 6.92 Å². The molecular weight excluding hydrogens is 432 g/mol. The molecule has 0 aliphatic heterocycles. The number of carbonyl (C=O) groups excluding carboxylic acids is 1. The third kappa shape index (κ3) is 7.24. The van der Waals surface area contributed by atoms with Gasteiger partial charge >= 0.3 is 17.8 Å². The smallest absolute Gasteiger partial charge is 0.423 e. The lowest BCUT2D eigenvalue weighted by Crippen LogP contribution is -2.20. The number of alkyl halides is 3. The van der Waals surface area contributed by atoms with Gasteiger partial charge in [0.25, 0.3) is 0 Å². The first-order valence-corrected chi connectivity index (χ1v) is 10.8. The number of hydrogen-bond acceptors (Lipinski definition) is 5. The summed E-state index contributed by atoms with van der Waals surface area (Å²) in [4.78, 5) is 23.0. The third-order valence-corrected chi connectivity index (χ3v) is 5.02. The van der Waals surface area contributed by atoms with E-state index in [4.69, 9.17) is 13.9 Å². The monoisotopic (exact) mass is 460 g/mol. The van der Waals surface area contributed by atoms with E-state index in [2.05, 4.69) is 0 Å². The van der Waals surface area contributed by atoms with Crippen molar-refractivity contribution in [1.82, 2.24) is 0 Å². The van der Waals surface area contributed by atoms with Crippen LogP contribution in [0.2, 0.25) is 0 Å². The summed E-state index contributed by atoms with van der Waals surface area (Å²) in [6.07, 6.45) is 1.53. The van der Waals surface area contributed by atoms with Gasteiger partial charge in [0.2, 0.25) is 0 Å². The molecule has 0 spiro atoms. The van der Waals surface area contributed by atoms with E-state index in [1.165, 1.54) is 0 Å². The quantitative estimate of drug-likeness (QED) is 0.160. The largest absolute Gasteiger partial charge is 0.490 e. The highest BCUT2D eigenvalue weighted by molar-refractivity contribution is 5.82. The molecular formula is C23H28F4O5. The molecule has 0 aliphatic rings. The second-order valence-corrected chi connectivity index (χ2v) is 7.61. The first kappa shape index (κ1) is 25.7. The van der Waals surface area contributed by atoms with Gasteiger partial charge in [-0.2, -0.15) is 13.2 Å². The summed E-state index contributed by atoms with van der Waals surface area (Å²) >= 11 is 0. The van der Waals surface area contributed by atoms with Gasteiger partial charge in [-0.05, 0) is 37.8 Å². The van der Waals surface area contributed by atoms with Gasteiger partial charge in [-0.25, -0.2) is 9.18 Å². The van der Waals surface area contributed by atoms with Gasteiger partial charge in [0.05, 0.1) is 13.2 Å². The molecule has 1 heterocycles. The van der Waals surface area contributed by atoms with Gasteiger partial charge in [0, 0.05) is 17.9 Å². The van der Waals surface area contributed by atoms with Crippen molar-refractivity contribution in [2.24, 2.45) is 0 Å². The minimum Gasteiger partial charge on any atom is -0.490 e. The number of unbranched alkanes of at least 4 members (excludes halogenated alkanes) is 5. The average molecular weight is 460 g/mol. The van der Waals surface area contributed by atoms with Crippen molar-refractivity contribution >= 4 is 16.9 Å². The molecule has 0 saturated carbocycles. The Hall–Kier alpha value is -2.58. The van der Waals surface area contributed by atoms with Crippen molar-refractivity contribution in [3.8, 4) is 5.75 Å². The number of benzene rings is 1. The van der Waals surface area contributed by atoms with Gasteiger partial charge in [-0.3, -0.25) is 4.79 Å². The van der Waals surface area contributed by atoms with Crippen molar-refractivity contribution in [2.75, 3.05) is 13.2 Å². The summed E-state index contributed by atoms with van der Waals surface area (Å²) < 4.78 is 68.7. The zero-order valence-corrected chi connectivity index (χ0v) is 18.3. The summed E-state index contributed by atoms with van der Waals surface area (Å²) in [7, 11) is 0. The summed E-state index contributed by atoms with van der Waals surface area (Å²) in [5.74, 6) is -1.16. The van der Waals surface area contributed by atoms with Crippen LogP contribution in [-0.4, -0.2) is 19.2 Å². The molecule has 0 fully saturated rings. The van der Waals surface area contributed by atoms with Crippen molar-refractivity contribution < 1.29 is 36.2 Å². The van der Waals surface area contributed by atoms with Crippen LogP contribution in [-0.2, 0) is 15.7 Å². The fourth-order valence-corrected chi connectivity index (χ4v) is 3.35. The summed E-state index contributed by atoms with van der Waals surface area (Å²) in [6, 6.07) is 2.00. The predicted molar refractivity (Wildman–Crippen MR) is 111 cm³/mol. The first-order chi connectivity index (χ1) is 15.1. The lowest BCUT2D eigenvalue weighted by Gasteiger charge is -2.12. The van der Waals surface area contributed by atoms with E-state index in [1.54, 1.807) is 0 Å². The standard InChI is InChI=1S/C23H28F4O5/c1-3-10-20(28)31-12-9-7-5-4-6-8-11-30-19-14-18-16(13-17(19)24)15(2)21(22(29)32-18)23(25,26)27/h13-14H,3-12H2,1-2H3. The fourth-order valence-electron chi connectivity index (χ4n) is 3.35. The number of esters is 1. The van der Waals surface area contributed by atoms with Crippen LogP contribution in [0.25, 0.3) is 11.0 Å². The van der Waals surface area contributed by atoms with Gasteiger partial charge in [-0.15, -0.1) is 0 Å². The number of rotatable bonds is 12. The van der Waals surface area contributed by atoms with E-state index >= 15 is 0 Å². The predicted octanol–water partition coefficient (Wildman–Crippen LogP) is 6.32. The van der Waals surface area contributed by atoms with Crippen LogP contribution < -0.4 is 10.4 Å². The minimum absolute atomic E-state index is 0.123. The van der Waals surface area contributed by atoms with E-state index in [0.29, 0.717) is 19.4 Å². The number of fused-ring (bicyclic) bond motifs is 1. The van der Waals surface area contributed by atoms with E-state index in [9.17, 15) is 27.2 Å².